The summed E-state index contributed by atoms with van der Waals surface area (Å²) in [7, 11) is 0. The molecule has 0 aromatic rings. The van der Waals surface area contributed by atoms with Gasteiger partial charge in [0.15, 0.2) is 0 Å². The Hall–Kier alpha value is -1.51. The van der Waals surface area contributed by atoms with Crippen LogP contribution >= 0.6 is 0 Å². The number of hydrogen-bond acceptors (Lipinski definition) is 2. The molecular formula is C12H19NO2. The lowest BCUT2D eigenvalue weighted by atomic mass is 10.2. The summed E-state index contributed by atoms with van der Waals surface area (Å²) in [5, 5.41) is 2.52. The molecule has 0 radical (unpaired) electrons. The van der Waals surface area contributed by atoms with Gasteiger partial charge in [-0.15, -0.1) is 0 Å². The predicted molar refractivity (Wildman–Crippen MR) is 62.5 cm³/mol. The lowest BCUT2D eigenvalue weighted by Gasteiger charge is -2.19. The van der Waals surface area contributed by atoms with Crippen molar-refractivity contribution >= 4 is 6.09 Å². The van der Waals surface area contributed by atoms with Gasteiger partial charge in [0.05, 0.1) is 0 Å². The summed E-state index contributed by atoms with van der Waals surface area (Å²) in [6, 6.07) is 0. The number of nitrogens with one attached hydrogen (secondary N) is 1. The molecule has 0 bridgehead atoms. The van der Waals surface area contributed by atoms with Gasteiger partial charge in [0, 0.05) is 5.70 Å². The van der Waals surface area contributed by atoms with Crippen LogP contribution < -0.4 is 5.32 Å². The Bertz CT molecular complexity index is 295. The molecule has 0 aromatic carbocycles. The highest BCUT2D eigenvalue weighted by Crippen LogP contribution is 2.07. The van der Waals surface area contributed by atoms with Crippen LogP contribution in [0.4, 0.5) is 4.79 Å². The molecule has 0 saturated carbocycles. The van der Waals surface area contributed by atoms with Crippen LogP contribution in [-0.4, -0.2) is 11.7 Å². The van der Waals surface area contributed by atoms with E-state index in [9.17, 15) is 4.79 Å². The first-order valence-corrected chi connectivity index (χ1v) is 4.74. The van der Waals surface area contributed by atoms with E-state index in [0.717, 1.165) is 5.57 Å². The summed E-state index contributed by atoms with van der Waals surface area (Å²) in [5.41, 5.74) is 0.916. The van der Waals surface area contributed by atoms with Gasteiger partial charge in [-0.05, 0) is 39.3 Å². The van der Waals surface area contributed by atoms with Crippen molar-refractivity contribution in [2.24, 2.45) is 0 Å². The highest BCUT2D eigenvalue weighted by Gasteiger charge is 2.15. The van der Waals surface area contributed by atoms with E-state index < -0.39 is 11.7 Å². The fourth-order valence-electron chi connectivity index (χ4n) is 0.805. The van der Waals surface area contributed by atoms with Gasteiger partial charge < -0.3 is 4.74 Å². The van der Waals surface area contributed by atoms with Crippen LogP contribution in [0.1, 0.15) is 27.7 Å². The summed E-state index contributed by atoms with van der Waals surface area (Å²) in [5.74, 6) is 0. The zero-order valence-corrected chi connectivity index (χ0v) is 9.89. The SMILES string of the molecule is C=C/C(C)=C\C(=C)NC(=O)OC(C)(C)C. The van der Waals surface area contributed by atoms with E-state index in [1.165, 1.54) is 0 Å². The van der Waals surface area contributed by atoms with Crippen LogP contribution in [0.25, 0.3) is 0 Å². The Labute approximate surface area is 91.5 Å². The van der Waals surface area contributed by atoms with Crippen molar-refractivity contribution in [1.29, 1.82) is 0 Å². The number of alkyl carbamates (subject to hydrolysis) is 1. The second-order valence-corrected chi connectivity index (χ2v) is 4.24. The molecule has 0 aliphatic carbocycles. The first-order chi connectivity index (χ1) is 6.74. The minimum atomic E-state index is -0.499. The number of ether oxygens (including phenoxy) is 1. The van der Waals surface area contributed by atoms with Crippen LogP contribution in [0.15, 0.2) is 36.6 Å². The minimum Gasteiger partial charge on any atom is -0.444 e. The maximum absolute atomic E-state index is 11.3. The first-order valence-electron chi connectivity index (χ1n) is 4.74. The van der Waals surface area contributed by atoms with Crippen LogP contribution in [-0.2, 0) is 4.74 Å². The standard InChI is InChI=1S/C12H19NO2/c1-7-9(2)8-10(3)13-11(14)15-12(4,5)6/h7-8H,1,3H2,2,4-6H3,(H,13,14)/b9-8-. The Morgan fingerprint density at radius 2 is 1.93 bits per heavy atom. The molecule has 0 saturated heterocycles. The fraction of sp³-hybridized carbons (Fsp3) is 0.417. The summed E-state index contributed by atoms with van der Waals surface area (Å²) in [6.45, 7) is 14.6. The quantitative estimate of drug-likeness (QED) is 0.725. The van der Waals surface area contributed by atoms with E-state index in [1.54, 1.807) is 32.9 Å². The van der Waals surface area contributed by atoms with Crippen LogP contribution in [0.5, 0.6) is 0 Å². The Balaban J connectivity index is 4.20. The molecule has 1 N–H and O–H groups in total. The van der Waals surface area contributed by atoms with Gasteiger partial charge in [-0.25, -0.2) is 4.79 Å². The van der Waals surface area contributed by atoms with Crippen LogP contribution in [0.3, 0.4) is 0 Å². The average Bonchev–Trinajstić information content (AvgIpc) is 1.99. The highest BCUT2D eigenvalue weighted by molar-refractivity contribution is 5.70. The average molecular weight is 209 g/mol. The van der Waals surface area contributed by atoms with Crippen molar-refractivity contribution in [3.63, 3.8) is 0 Å². The van der Waals surface area contributed by atoms with Crippen molar-refractivity contribution in [3.05, 3.63) is 36.6 Å². The number of rotatable bonds is 3. The molecule has 0 fully saturated rings. The van der Waals surface area contributed by atoms with Crippen molar-refractivity contribution < 1.29 is 9.53 Å². The predicted octanol–water partition coefficient (Wildman–Crippen LogP) is 3.16. The molecule has 3 nitrogen and oxygen atoms in total. The number of carbonyl (C=O) groups excluding carboxylic acids is 1. The molecule has 0 spiro atoms. The van der Waals surface area contributed by atoms with E-state index in [0.29, 0.717) is 5.70 Å². The summed E-state index contributed by atoms with van der Waals surface area (Å²) < 4.78 is 5.06. The lowest BCUT2D eigenvalue weighted by Crippen LogP contribution is -2.31. The smallest absolute Gasteiger partial charge is 0.412 e. The molecule has 0 atom stereocenters. The second-order valence-electron chi connectivity index (χ2n) is 4.24. The molecular weight excluding hydrogens is 190 g/mol. The second kappa shape index (κ2) is 5.39. The lowest BCUT2D eigenvalue weighted by molar-refractivity contribution is 0.0548. The molecule has 1 amide bonds. The zero-order chi connectivity index (χ0) is 12.1. The minimum absolute atomic E-state index is 0.488. The van der Waals surface area contributed by atoms with Crippen LogP contribution in [0.2, 0.25) is 0 Å². The Morgan fingerprint density at radius 3 is 2.33 bits per heavy atom. The van der Waals surface area contributed by atoms with Gasteiger partial charge in [0.2, 0.25) is 0 Å². The number of hydrogen-bond donors (Lipinski definition) is 1. The van der Waals surface area contributed by atoms with E-state index >= 15 is 0 Å². The third-order valence-electron chi connectivity index (χ3n) is 1.39. The van der Waals surface area contributed by atoms with Crippen molar-refractivity contribution in [1.82, 2.24) is 5.32 Å². The molecule has 0 unspecified atom stereocenters. The third kappa shape index (κ3) is 7.55. The Morgan fingerprint density at radius 1 is 1.40 bits per heavy atom. The van der Waals surface area contributed by atoms with Crippen molar-refractivity contribution in [2.45, 2.75) is 33.3 Å². The summed E-state index contributed by atoms with van der Waals surface area (Å²) >= 11 is 0. The fourth-order valence-corrected chi connectivity index (χ4v) is 0.805. The molecule has 0 aliphatic heterocycles. The molecule has 84 valence electrons. The first kappa shape index (κ1) is 13.5. The van der Waals surface area contributed by atoms with Gasteiger partial charge in [0.1, 0.15) is 5.60 Å². The van der Waals surface area contributed by atoms with E-state index in [-0.39, 0.29) is 0 Å². The van der Waals surface area contributed by atoms with Gasteiger partial charge in [-0.2, -0.15) is 0 Å². The van der Waals surface area contributed by atoms with Gasteiger partial charge >= 0.3 is 6.09 Å². The normalized spacial score (nSPS) is 11.9. The maximum Gasteiger partial charge on any atom is 0.412 e. The van der Waals surface area contributed by atoms with Gasteiger partial charge in [-0.3, -0.25) is 5.32 Å². The third-order valence-corrected chi connectivity index (χ3v) is 1.39. The summed E-state index contributed by atoms with van der Waals surface area (Å²) in [6.07, 6.45) is 2.90. The monoisotopic (exact) mass is 209 g/mol. The van der Waals surface area contributed by atoms with Gasteiger partial charge in [-0.1, -0.05) is 19.2 Å². The molecule has 15 heavy (non-hydrogen) atoms. The molecule has 0 heterocycles. The van der Waals surface area contributed by atoms with Crippen molar-refractivity contribution in [3.8, 4) is 0 Å². The molecule has 0 aliphatic rings. The summed E-state index contributed by atoms with van der Waals surface area (Å²) in [4.78, 5) is 11.3. The van der Waals surface area contributed by atoms with E-state index in [1.807, 2.05) is 6.92 Å². The largest absolute Gasteiger partial charge is 0.444 e. The number of allylic oxidation sites excluding steroid dienone is 3. The highest BCUT2D eigenvalue weighted by atomic mass is 16.6. The van der Waals surface area contributed by atoms with Crippen LogP contribution in [0, 0.1) is 0 Å². The van der Waals surface area contributed by atoms with E-state index in [2.05, 4.69) is 18.5 Å². The molecule has 0 aromatic heterocycles. The number of carbonyl (C=O) groups is 1. The maximum atomic E-state index is 11.3. The molecule has 0 rings (SSSR count). The zero-order valence-electron chi connectivity index (χ0n) is 9.89. The topological polar surface area (TPSA) is 38.3 Å². The Kier molecular flexibility index (Phi) is 4.85. The van der Waals surface area contributed by atoms with Gasteiger partial charge in [0.25, 0.3) is 0 Å². The number of amides is 1. The molecule has 3 heteroatoms. The van der Waals surface area contributed by atoms with Crippen molar-refractivity contribution in [2.75, 3.05) is 0 Å². The van der Waals surface area contributed by atoms with E-state index in [4.69, 9.17) is 4.74 Å².